The van der Waals surface area contributed by atoms with Crippen molar-refractivity contribution in [3.8, 4) is 11.5 Å². The second kappa shape index (κ2) is 7.19. The number of anilines is 1. The summed E-state index contributed by atoms with van der Waals surface area (Å²) >= 11 is 0. The van der Waals surface area contributed by atoms with Crippen LogP contribution in [0.15, 0.2) is 18.2 Å². The highest BCUT2D eigenvalue weighted by Gasteiger charge is 2.32. The smallest absolute Gasteiger partial charge is 0.281 e. The molecule has 1 fully saturated rings. The van der Waals surface area contributed by atoms with Gasteiger partial charge in [0.1, 0.15) is 13.2 Å². The highest BCUT2D eigenvalue weighted by Crippen LogP contribution is 2.33. The molecule has 2 aliphatic rings. The highest BCUT2D eigenvalue weighted by atomic mass is 32.2. The molecule has 1 N–H and O–H groups in total. The van der Waals surface area contributed by atoms with Gasteiger partial charge in [0.15, 0.2) is 11.5 Å². The molecule has 2 aliphatic heterocycles. The predicted molar refractivity (Wildman–Crippen MR) is 93.0 cm³/mol. The van der Waals surface area contributed by atoms with Crippen molar-refractivity contribution in [2.45, 2.75) is 12.8 Å². The molecule has 0 spiro atoms. The summed E-state index contributed by atoms with van der Waals surface area (Å²) in [7, 11) is -0.394. The van der Waals surface area contributed by atoms with Crippen LogP contribution in [-0.2, 0) is 15.0 Å². The number of nitrogens with zero attached hydrogens (tertiary/aromatic N) is 2. The summed E-state index contributed by atoms with van der Waals surface area (Å²) in [5, 5.41) is 2.89. The fraction of sp³-hybridized carbons (Fsp3) is 0.562. The van der Waals surface area contributed by atoms with E-state index in [1.165, 1.54) is 22.7 Å². The molecule has 0 radical (unpaired) electrons. The van der Waals surface area contributed by atoms with Crippen molar-refractivity contribution in [1.82, 2.24) is 8.61 Å². The molecule has 0 unspecified atom stereocenters. The van der Waals surface area contributed by atoms with Gasteiger partial charge in [-0.1, -0.05) is 0 Å². The maximum absolute atomic E-state index is 12.5. The number of ether oxygens (including phenoxy) is 2. The van der Waals surface area contributed by atoms with Gasteiger partial charge in [-0.3, -0.25) is 4.79 Å². The molecule has 1 amide bonds. The normalized spacial score (nSPS) is 19.0. The van der Waals surface area contributed by atoms with E-state index in [-0.39, 0.29) is 11.8 Å². The SMILES string of the molecule is CN(C)S(=O)(=O)N1CCC(C(=O)Nc2ccc3c(c2)OCCO3)CC1. The van der Waals surface area contributed by atoms with Crippen molar-refractivity contribution in [3.05, 3.63) is 18.2 Å². The van der Waals surface area contributed by atoms with Gasteiger partial charge in [-0.15, -0.1) is 0 Å². The molecular formula is C16H23N3O5S. The van der Waals surface area contributed by atoms with Crippen LogP contribution in [0, 0.1) is 5.92 Å². The third-order valence-corrected chi connectivity index (χ3v) is 6.36. The van der Waals surface area contributed by atoms with Crippen LogP contribution < -0.4 is 14.8 Å². The number of hydrogen-bond acceptors (Lipinski definition) is 5. The monoisotopic (exact) mass is 369 g/mol. The Labute approximate surface area is 147 Å². The number of amides is 1. The zero-order valence-corrected chi connectivity index (χ0v) is 15.2. The molecular weight excluding hydrogens is 346 g/mol. The number of benzene rings is 1. The van der Waals surface area contributed by atoms with E-state index in [0.717, 1.165) is 0 Å². The molecule has 3 rings (SSSR count). The van der Waals surface area contributed by atoms with E-state index in [4.69, 9.17) is 9.47 Å². The third kappa shape index (κ3) is 3.88. The Balaban J connectivity index is 1.58. The van der Waals surface area contributed by atoms with Crippen LogP contribution in [-0.4, -0.2) is 63.3 Å². The van der Waals surface area contributed by atoms with Gasteiger partial charge in [0, 0.05) is 44.9 Å². The van der Waals surface area contributed by atoms with E-state index in [9.17, 15) is 13.2 Å². The molecule has 25 heavy (non-hydrogen) atoms. The Morgan fingerprint density at radius 3 is 2.44 bits per heavy atom. The van der Waals surface area contributed by atoms with Gasteiger partial charge in [0.2, 0.25) is 5.91 Å². The summed E-state index contributed by atoms with van der Waals surface area (Å²) in [5.41, 5.74) is 0.651. The average molecular weight is 369 g/mol. The van der Waals surface area contributed by atoms with Crippen molar-refractivity contribution < 1.29 is 22.7 Å². The Kier molecular flexibility index (Phi) is 5.16. The fourth-order valence-electron chi connectivity index (χ4n) is 2.95. The van der Waals surface area contributed by atoms with Gasteiger partial charge >= 0.3 is 0 Å². The first-order valence-electron chi connectivity index (χ1n) is 8.26. The molecule has 0 aliphatic carbocycles. The Morgan fingerprint density at radius 2 is 1.80 bits per heavy atom. The van der Waals surface area contributed by atoms with Crippen LogP contribution in [0.3, 0.4) is 0 Å². The lowest BCUT2D eigenvalue weighted by Gasteiger charge is -2.32. The molecule has 1 saturated heterocycles. The highest BCUT2D eigenvalue weighted by molar-refractivity contribution is 7.86. The molecule has 8 nitrogen and oxygen atoms in total. The zero-order valence-electron chi connectivity index (χ0n) is 14.4. The second-order valence-electron chi connectivity index (χ2n) is 6.31. The molecule has 0 bridgehead atoms. The lowest BCUT2D eigenvalue weighted by molar-refractivity contribution is -0.120. The van der Waals surface area contributed by atoms with Gasteiger partial charge in [0.05, 0.1) is 0 Å². The summed E-state index contributed by atoms with van der Waals surface area (Å²) in [4.78, 5) is 12.5. The van der Waals surface area contributed by atoms with E-state index >= 15 is 0 Å². The zero-order chi connectivity index (χ0) is 18.0. The Morgan fingerprint density at radius 1 is 1.16 bits per heavy atom. The van der Waals surface area contributed by atoms with Crippen LogP contribution in [0.2, 0.25) is 0 Å². The van der Waals surface area contributed by atoms with Gasteiger partial charge < -0.3 is 14.8 Å². The summed E-state index contributed by atoms with van der Waals surface area (Å²) in [5.74, 6) is 0.989. The molecule has 0 saturated carbocycles. The predicted octanol–water partition coefficient (Wildman–Crippen LogP) is 0.915. The van der Waals surface area contributed by atoms with E-state index in [0.29, 0.717) is 56.3 Å². The quantitative estimate of drug-likeness (QED) is 0.852. The van der Waals surface area contributed by atoms with E-state index in [2.05, 4.69) is 5.32 Å². The largest absolute Gasteiger partial charge is 0.486 e. The first kappa shape index (κ1) is 18.0. The first-order valence-corrected chi connectivity index (χ1v) is 9.66. The van der Waals surface area contributed by atoms with Crippen LogP contribution in [0.1, 0.15) is 12.8 Å². The number of rotatable bonds is 4. The summed E-state index contributed by atoms with van der Waals surface area (Å²) in [6, 6.07) is 5.30. The van der Waals surface area contributed by atoms with Gasteiger partial charge in [-0.05, 0) is 25.0 Å². The Hall–Kier alpha value is -1.84. The molecule has 0 atom stereocenters. The maximum Gasteiger partial charge on any atom is 0.281 e. The van der Waals surface area contributed by atoms with E-state index < -0.39 is 10.2 Å². The number of carbonyl (C=O) groups excluding carboxylic acids is 1. The van der Waals surface area contributed by atoms with Crippen molar-refractivity contribution in [3.63, 3.8) is 0 Å². The van der Waals surface area contributed by atoms with Crippen molar-refractivity contribution >= 4 is 21.8 Å². The van der Waals surface area contributed by atoms with Crippen LogP contribution in [0.25, 0.3) is 0 Å². The van der Waals surface area contributed by atoms with Gasteiger partial charge in [-0.2, -0.15) is 17.0 Å². The number of carbonyl (C=O) groups is 1. The third-order valence-electron chi connectivity index (χ3n) is 4.42. The summed E-state index contributed by atoms with van der Waals surface area (Å²) < 4.78 is 37.8. The maximum atomic E-state index is 12.5. The minimum atomic E-state index is -3.41. The standard InChI is InChI=1S/C16H23N3O5S/c1-18(2)25(21,22)19-7-5-12(6-8-19)16(20)17-13-3-4-14-15(11-13)24-10-9-23-14/h3-4,11-12H,5-10H2,1-2H3,(H,17,20). The minimum Gasteiger partial charge on any atom is -0.486 e. The minimum absolute atomic E-state index is 0.0985. The topological polar surface area (TPSA) is 88.2 Å². The molecule has 0 aromatic heterocycles. The first-order chi connectivity index (χ1) is 11.9. The molecule has 1 aromatic carbocycles. The number of nitrogens with one attached hydrogen (secondary N) is 1. The fourth-order valence-corrected chi connectivity index (χ4v) is 4.08. The second-order valence-corrected chi connectivity index (χ2v) is 8.45. The molecule has 9 heteroatoms. The molecule has 138 valence electrons. The van der Waals surface area contributed by atoms with Crippen molar-refractivity contribution in [2.24, 2.45) is 5.92 Å². The number of piperidine rings is 1. The lowest BCUT2D eigenvalue weighted by Crippen LogP contribution is -2.46. The van der Waals surface area contributed by atoms with Crippen molar-refractivity contribution in [2.75, 3.05) is 45.7 Å². The van der Waals surface area contributed by atoms with Gasteiger partial charge in [0.25, 0.3) is 10.2 Å². The van der Waals surface area contributed by atoms with Gasteiger partial charge in [-0.25, -0.2) is 0 Å². The summed E-state index contributed by atoms with van der Waals surface area (Å²) in [6.07, 6.45) is 1.01. The Bertz CT molecular complexity index is 742. The van der Waals surface area contributed by atoms with E-state index in [1.807, 2.05) is 0 Å². The van der Waals surface area contributed by atoms with E-state index in [1.54, 1.807) is 18.2 Å². The summed E-state index contributed by atoms with van der Waals surface area (Å²) in [6.45, 7) is 1.70. The van der Waals surface area contributed by atoms with Crippen molar-refractivity contribution in [1.29, 1.82) is 0 Å². The van der Waals surface area contributed by atoms with Crippen LogP contribution in [0.5, 0.6) is 11.5 Å². The lowest BCUT2D eigenvalue weighted by atomic mass is 9.97. The number of fused-ring (bicyclic) bond motifs is 1. The average Bonchev–Trinajstić information content (AvgIpc) is 2.61. The van der Waals surface area contributed by atoms with Crippen LogP contribution in [0.4, 0.5) is 5.69 Å². The van der Waals surface area contributed by atoms with Crippen LogP contribution >= 0.6 is 0 Å². The molecule has 2 heterocycles. The number of hydrogen-bond donors (Lipinski definition) is 1. The molecule has 1 aromatic rings.